The van der Waals surface area contributed by atoms with Gasteiger partial charge in [-0.05, 0) is 44.7 Å². The third-order valence-corrected chi connectivity index (χ3v) is 4.10. The van der Waals surface area contributed by atoms with Crippen LogP contribution in [0.2, 0.25) is 0 Å². The summed E-state index contributed by atoms with van der Waals surface area (Å²) in [6, 6.07) is 0.142. The van der Waals surface area contributed by atoms with Crippen molar-refractivity contribution in [3.05, 3.63) is 0 Å². The fraction of sp³-hybridized carbons (Fsp3) is 0.857. The summed E-state index contributed by atoms with van der Waals surface area (Å²) in [6.45, 7) is 5.14. The van der Waals surface area contributed by atoms with Crippen molar-refractivity contribution in [2.45, 2.75) is 45.1 Å². The van der Waals surface area contributed by atoms with Gasteiger partial charge < -0.3 is 15.5 Å². The molecule has 2 amide bonds. The van der Waals surface area contributed by atoms with Crippen LogP contribution in [0.1, 0.15) is 39.0 Å². The predicted octanol–water partition coefficient (Wildman–Crippen LogP) is 0.925. The molecule has 20 heavy (non-hydrogen) atoms. The number of piperidine rings is 2. The van der Waals surface area contributed by atoms with Crippen LogP contribution in [0, 0.1) is 5.92 Å². The Morgan fingerprint density at radius 2 is 1.95 bits per heavy atom. The second-order valence-corrected chi connectivity index (χ2v) is 5.78. The van der Waals surface area contributed by atoms with Crippen LogP contribution in [-0.2, 0) is 9.59 Å². The van der Waals surface area contributed by atoms with E-state index in [4.69, 9.17) is 0 Å². The van der Waals surface area contributed by atoms with Gasteiger partial charge in [-0.1, -0.05) is 0 Å². The zero-order chi connectivity index (χ0) is 13.7. The number of rotatable bonds is 3. The first-order chi connectivity index (χ1) is 9.15. The molecule has 6 heteroatoms. The number of carbonyl (C=O) groups is 2. The van der Waals surface area contributed by atoms with Crippen LogP contribution < -0.4 is 10.6 Å². The highest BCUT2D eigenvalue weighted by Gasteiger charge is 2.26. The summed E-state index contributed by atoms with van der Waals surface area (Å²) in [5, 5.41) is 6.25. The van der Waals surface area contributed by atoms with Gasteiger partial charge in [0.05, 0.1) is 0 Å². The summed E-state index contributed by atoms with van der Waals surface area (Å²) in [5.41, 5.74) is 0. The second kappa shape index (κ2) is 8.47. The molecule has 1 atom stereocenters. The van der Waals surface area contributed by atoms with Gasteiger partial charge in [0, 0.05) is 32.5 Å². The van der Waals surface area contributed by atoms with Crippen LogP contribution in [0.5, 0.6) is 0 Å². The fourth-order valence-corrected chi connectivity index (χ4v) is 3.07. The maximum Gasteiger partial charge on any atom is 0.222 e. The highest BCUT2D eigenvalue weighted by atomic mass is 35.5. The smallest absolute Gasteiger partial charge is 0.222 e. The molecule has 0 aromatic carbocycles. The first-order valence-electron chi connectivity index (χ1n) is 7.40. The molecular weight excluding hydrogens is 278 g/mol. The highest BCUT2D eigenvalue weighted by molar-refractivity contribution is 5.85. The van der Waals surface area contributed by atoms with Gasteiger partial charge in [-0.15, -0.1) is 12.4 Å². The van der Waals surface area contributed by atoms with Crippen molar-refractivity contribution in [1.29, 1.82) is 0 Å². The summed E-state index contributed by atoms with van der Waals surface area (Å²) in [5.74, 6) is 0.800. The molecule has 0 radical (unpaired) electrons. The molecule has 1 unspecified atom stereocenters. The molecule has 0 aromatic heterocycles. The summed E-state index contributed by atoms with van der Waals surface area (Å²) >= 11 is 0. The highest BCUT2D eigenvalue weighted by Crippen LogP contribution is 2.19. The SMILES string of the molecule is CC(=O)NC1CCCN(C(=O)CC2CCNCC2)C1.Cl. The third kappa shape index (κ3) is 5.29. The molecule has 116 valence electrons. The Kier molecular flexibility index (Phi) is 7.30. The van der Waals surface area contributed by atoms with Crippen LogP contribution in [0.15, 0.2) is 0 Å². The van der Waals surface area contributed by atoms with Gasteiger partial charge in [-0.2, -0.15) is 0 Å². The molecule has 0 aromatic rings. The molecule has 2 aliphatic heterocycles. The summed E-state index contributed by atoms with van der Waals surface area (Å²) in [4.78, 5) is 25.3. The standard InChI is InChI=1S/C14H25N3O2.ClH/c1-11(18)16-13-3-2-8-17(10-13)14(19)9-12-4-6-15-7-5-12;/h12-13,15H,2-10H2,1H3,(H,16,18);1H. The molecule has 0 spiro atoms. The van der Waals surface area contributed by atoms with E-state index >= 15 is 0 Å². The lowest BCUT2D eigenvalue weighted by atomic mass is 9.93. The Morgan fingerprint density at radius 1 is 1.25 bits per heavy atom. The molecule has 2 fully saturated rings. The minimum atomic E-state index is -0.00217. The Morgan fingerprint density at radius 3 is 2.60 bits per heavy atom. The molecule has 2 saturated heterocycles. The Labute approximate surface area is 127 Å². The van der Waals surface area contributed by atoms with Crippen LogP contribution >= 0.6 is 12.4 Å². The first kappa shape index (κ1) is 17.2. The largest absolute Gasteiger partial charge is 0.352 e. The number of hydrogen-bond acceptors (Lipinski definition) is 3. The Balaban J connectivity index is 0.00000200. The summed E-state index contributed by atoms with van der Waals surface area (Å²) in [6.07, 6.45) is 4.86. The maximum atomic E-state index is 12.3. The number of nitrogens with zero attached hydrogens (tertiary/aromatic N) is 1. The van der Waals surface area contributed by atoms with Crippen molar-refractivity contribution in [2.24, 2.45) is 5.92 Å². The van der Waals surface area contributed by atoms with Crippen molar-refractivity contribution < 1.29 is 9.59 Å². The Bertz CT molecular complexity index is 332. The number of amides is 2. The fourth-order valence-electron chi connectivity index (χ4n) is 3.07. The summed E-state index contributed by atoms with van der Waals surface area (Å²) in [7, 11) is 0. The van der Waals surface area contributed by atoms with E-state index in [1.165, 1.54) is 6.92 Å². The molecule has 2 N–H and O–H groups in total. The van der Waals surface area contributed by atoms with Gasteiger partial charge in [-0.3, -0.25) is 9.59 Å². The van der Waals surface area contributed by atoms with Gasteiger partial charge in [0.1, 0.15) is 0 Å². The normalized spacial score (nSPS) is 23.9. The summed E-state index contributed by atoms with van der Waals surface area (Å²) < 4.78 is 0. The van der Waals surface area contributed by atoms with E-state index in [0.717, 1.165) is 45.3 Å². The number of halogens is 1. The topological polar surface area (TPSA) is 61.4 Å². The molecule has 0 saturated carbocycles. The van der Waals surface area contributed by atoms with Gasteiger partial charge >= 0.3 is 0 Å². The van der Waals surface area contributed by atoms with E-state index < -0.39 is 0 Å². The molecular formula is C14H26ClN3O2. The number of carbonyl (C=O) groups excluding carboxylic acids is 2. The zero-order valence-corrected chi connectivity index (χ0v) is 13.0. The molecule has 0 bridgehead atoms. The molecule has 2 aliphatic rings. The van der Waals surface area contributed by atoms with Crippen molar-refractivity contribution in [3.63, 3.8) is 0 Å². The monoisotopic (exact) mass is 303 g/mol. The lowest BCUT2D eigenvalue weighted by Crippen LogP contribution is -2.49. The quantitative estimate of drug-likeness (QED) is 0.815. The van der Waals surface area contributed by atoms with Crippen LogP contribution in [0.4, 0.5) is 0 Å². The van der Waals surface area contributed by atoms with Gasteiger partial charge in [0.15, 0.2) is 0 Å². The second-order valence-electron chi connectivity index (χ2n) is 5.78. The van der Waals surface area contributed by atoms with Crippen LogP contribution in [0.25, 0.3) is 0 Å². The first-order valence-corrected chi connectivity index (χ1v) is 7.40. The van der Waals surface area contributed by atoms with Gasteiger partial charge in [0.25, 0.3) is 0 Å². The number of likely N-dealkylation sites (tertiary alicyclic amines) is 1. The van der Waals surface area contributed by atoms with E-state index in [1.54, 1.807) is 0 Å². The minimum Gasteiger partial charge on any atom is -0.352 e. The van der Waals surface area contributed by atoms with E-state index in [0.29, 0.717) is 18.9 Å². The maximum absolute atomic E-state index is 12.3. The van der Waals surface area contributed by atoms with Crippen molar-refractivity contribution in [1.82, 2.24) is 15.5 Å². The van der Waals surface area contributed by atoms with E-state index in [2.05, 4.69) is 10.6 Å². The Hall–Kier alpha value is -0.810. The molecule has 0 aliphatic carbocycles. The predicted molar refractivity (Wildman–Crippen MR) is 80.9 cm³/mol. The van der Waals surface area contributed by atoms with Crippen LogP contribution in [-0.4, -0.2) is 48.9 Å². The average Bonchev–Trinajstić information content (AvgIpc) is 2.39. The van der Waals surface area contributed by atoms with Gasteiger partial charge in [0.2, 0.25) is 11.8 Å². The zero-order valence-electron chi connectivity index (χ0n) is 12.2. The number of nitrogens with one attached hydrogen (secondary N) is 2. The van der Waals surface area contributed by atoms with E-state index in [-0.39, 0.29) is 30.3 Å². The number of hydrogen-bond donors (Lipinski definition) is 2. The lowest BCUT2D eigenvalue weighted by molar-refractivity contribution is -0.134. The lowest BCUT2D eigenvalue weighted by Gasteiger charge is -2.34. The minimum absolute atomic E-state index is 0. The molecule has 5 nitrogen and oxygen atoms in total. The van der Waals surface area contributed by atoms with Crippen molar-refractivity contribution >= 4 is 24.2 Å². The molecule has 2 rings (SSSR count). The van der Waals surface area contributed by atoms with Gasteiger partial charge in [-0.25, -0.2) is 0 Å². The third-order valence-electron chi connectivity index (χ3n) is 4.10. The van der Waals surface area contributed by atoms with E-state index in [9.17, 15) is 9.59 Å². The molecule has 2 heterocycles. The van der Waals surface area contributed by atoms with Crippen molar-refractivity contribution in [2.75, 3.05) is 26.2 Å². The van der Waals surface area contributed by atoms with Crippen LogP contribution in [0.3, 0.4) is 0 Å². The van der Waals surface area contributed by atoms with E-state index in [1.807, 2.05) is 4.90 Å². The van der Waals surface area contributed by atoms with Crippen molar-refractivity contribution in [3.8, 4) is 0 Å². The average molecular weight is 304 g/mol.